The third-order valence-corrected chi connectivity index (χ3v) is 6.28. The largest absolute Gasteiger partial charge is 0.492 e. The number of hydrogen-bond donors (Lipinski definition) is 5. The quantitative estimate of drug-likeness (QED) is 0.317. The number of para-hydroxylation sites is 1. The number of ether oxygens (including phenoxy) is 2. The fraction of sp³-hybridized carbons (Fsp3) is 0.429. The summed E-state index contributed by atoms with van der Waals surface area (Å²) in [6.07, 6.45) is -0.292. The van der Waals surface area contributed by atoms with Gasteiger partial charge >= 0.3 is 0 Å². The van der Waals surface area contributed by atoms with Crippen molar-refractivity contribution in [1.82, 2.24) is 21.3 Å². The Labute approximate surface area is 231 Å². The van der Waals surface area contributed by atoms with E-state index in [4.69, 9.17) is 9.47 Å². The molecule has 0 fully saturated rings. The molecule has 2 aromatic rings. The van der Waals surface area contributed by atoms with Crippen LogP contribution < -0.4 is 30.7 Å². The SMILES string of the molecule is CC(C)[C@@H]1COc2ccccc2C(=O)N[C@H](C(=O)NCCOc2ccc(F)cc2)CCC(=O)N[C@@H](CO)C(=O)N1. The smallest absolute Gasteiger partial charge is 0.255 e. The molecule has 4 amide bonds. The number of benzene rings is 2. The summed E-state index contributed by atoms with van der Waals surface area (Å²) < 4.78 is 24.4. The van der Waals surface area contributed by atoms with Gasteiger partial charge in [-0.25, -0.2) is 4.39 Å². The Morgan fingerprint density at radius 3 is 2.52 bits per heavy atom. The average molecular weight is 559 g/mol. The fourth-order valence-corrected chi connectivity index (χ4v) is 3.88. The van der Waals surface area contributed by atoms with E-state index in [-0.39, 0.29) is 49.8 Å². The molecule has 2 aromatic carbocycles. The van der Waals surface area contributed by atoms with Gasteiger partial charge in [0.25, 0.3) is 5.91 Å². The number of nitrogens with one attached hydrogen (secondary N) is 4. The monoisotopic (exact) mass is 558 g/mol. The molecule has 1 aliphatic heterocycles. The first-order valence-corrected chi connectivity index (χ1v) is 13.1. The topological polar surface area (TPSA) is 155 Å². The average Bonchev–Trinajstić information content (AvgIpc) is 2.94. The van der Waals surface area contributed by atoms with E-state index in [1.54, 1.807) is 24.3 Å². The van der Waals surface area contributed by atoms with Gasteiger partial charge in [0.2, 0.25) is 17.7 Å². The predicted octanol–water partition coefficient (Wildman–Crippen LogP) is 0.910. The molecule has 0 saturated heterocycles. The Morgan fingerprint density at radius 2 is 1.82 bits per heavy atom. The summed E-state index contributed by atoms with van der Waals surface area (Å²) in [5.74, 6) is -2.06. The lowest BCUT2D eigenvalue weighted by molar-refractivity contribution is -0.131. The standard InChI is InChI=1S/C28H35FN4O7/c1-17(2)23-16-40-24-6-4-3-5-20(24)26(36)32-21(11-12-25(35)31-22(15-34)28(38)33-23)27(37)30-13-14-39-19-9-7-18(29)8-10-19/h3-10,17,21-23,34H,11-16H2,1-2H3,(H,30,37)(H,31,35)(H,32,36)(H,33,38)/t21-,22-,23-/m0/s1. The zero-order chi connectivity index (χ0) is 29.1. The second-order valence-electron chi connectivity index (χ2n) is 9.63. The van der Waals surface area contributed by atoms with Crippen LogP contribution in [0.2, 0.25) is 0 Å². The van der Waals surface area contributed by atoms with Crippen molar-refractivity contribution in [3.8, 4) is 11.5 Å². The molecule has 40 heavy (non-hydrogen) atoms. The molecule has 0 bridgehead atoms. The molecule has 216 valence electrons. The summed E-state index contributed by atoms with van der Waals surface area (Å²) in [7, 11) is 0. The van der Waals surface area contributed by atoms with Crippen LogP contribution in [-0.4, -0.2) is 73.2 Å². The highest BCUT2D eigenvalue weighted by Gasteiger charge is 2.28. The molecule has 0 spiro atoms. The third-order valence-electron chi connectivity index (χ3n) is 6.28. The van der Waals surface area contributed by atoms with Gasteiger partial charge in [0, 0.05) is 6.42 Å². The molecule has 0 aromatic heterocycles. The van der Waals surface area contributed by atoms with Crippen LogP contribution in [0.1, 0.15) is 37.0 Å². The maximum Gasteiger partial charge on any atom is 0.255 e. The normalized spacial score (nSPS) is 20.5. The van der Waals surface area contributed by atoms with Gasteiger partial charge in [-0.05, 0) is 48.7 Å². The fourth-order valence-electron chi connectivity index (χ4n) is 3.88. The van der Waals surface area contributed by atoms with E-state index >= 15 is 0 Å². The molecule has 5 N–H and O–H groups in total. The van der Waals surface area contributed by atoms with Crippen LogP contribution >= 0.6 is 0 Å². The van der Waals surface area contributed by atoms with Gasteiger partial charge in [0.15, 0.2) is 0 Å². The first-order chi connectivity index (χ1) is 19.2. The predicted molar refractivity (Wildman–Crippen MR) is 143 cm³/mol. The van der Waals surface area contributed by atoms with Crippen LogP contribution in [0, 0.1) is 11.7 Å². The van der Waals surface area contributed by atoms with Gasteiger partial charge in [-0.3, -0.25) is 19.2 Å². The van der Waals surface area contributed by atoms with Crippen LogP contribution in [0.15, 0.2) is 48.5 Å². The number of halogens is 1. The van der Waals surface area contributed by atoms with Crippen molar-refractivity contribution in [2.45, 2.75) is 44.8 Å². The highest BCUT2D eigenvalue weighted by Crippen LogP contribution is 2.20. The highest BCUT2D eigenvalue weighted by molar-refractivity contribution is 5.99. The minimum Gasteiger partial charge on any atom is -0.492 e. The molecule has 3 rings (SSSR count). The van der Waals surface area contributed by atoms with E-state index in [0.717, 1.165) is 0 Å². The summed E-state index contributed by atoms with van der Waals surface area (Å²) >= 11 is 0. The number of carbonyl (C=O) groups excluding carboxylic acids is 4. The van der Waals surface area contributed by atoms with E-state index in [2.05, 4.69) is 21.3 Å². The second kappa shape index (κ2) is 14.8. The van der Waals surface area contributed by atoms with Gasteiger partial charge in [-0.2, -0.15) is 0 Å². The maximum absolute atomic E-state index is 13.2. The summed E-state index contributed by atoms with van der Waals surface area (Å²) in [5, 5.41) is 20.3. The molecular weight excluding hydrogens is 523 g/mol. The maximum atomic E-state index is 13.2. The zero-order valence-corrected chi connectivity index (χ0v) is 22.4. The van der Waals surface area contributed by atoms with Crippen molar-refractivity contribution >= 4 is 23.6 Å². The minimum absolute atomic E-state index is 0.0256. The Morgan fingerprint density at radius 1 is 1.10 bits per heavy atom. The van der Waals surface area contributed by atoms with Crippen molar-refractivity contribution in [3.05, 3.63) is 59.9 Å². The molecule has 1 heterocycles. The van der Waals surface area contributed by atoms with Gasteiger partial charge in [-0.15, -0.1) is 0 Å². The zero-order valence-electron chi connectivity index (χ0n) is 22.4. The van der Waals surface area contributed by atoms with Crippen molar-refractivity contribution in [1.29, 1.82) is 0 Å². The van der Waals surface area contributed by atoms with Gasteiger partial charge in [0.05, 0.1) is 24.8 Å². The summed E-state index contributed by atoms with van der Waals surface area (Å²) in [6, 6.07) is 9.14. The number of fused-ring (bicyclic) bond motifs is 1. The van der Waals surface area contributed by atoms with Crippen molar-refractivity contribution in [2.24, 2.45) is 5.92 Å². The Balaban J connectivity index is 1.75. The molecule has 1 aliphatic rings. The second-order valence-corrected chi connectivity index (χ2v) is 9.63. The third kappa shape index (κ3) is 8.94. The van der Waals surface area contributed by atoms with Gasteiger partial charge in [-0.1, -0.05) is 26.0 Å². The van der Waals surface area contributed by atoms with E-state index in [1.807, 2.05) is 13.8 Å². The minimum atomic E-state index is -1.20. The van der Waals surface area contributed by atoms with Gasteiger partial charge in [0.1, 0.15) is 42.6 Å². The number of aliphatic hydroxyl groups excluding tert-OH is 1. The van der Waals surface area contributed by atoms with Crippen LogP contribution in [0.25, 0.3) is 0 Å². The first-order valence-electron chi connectivity index (χ1n) is 13.1. The lowest BCUT2D eigenvalue weighted by Gasteiger charge is -2.25. The van der Waals surface area contributed by atoms with E-state index in [0.29, 0.717) is 5.75 Å². The van der Waals surface area contributed by atoms with Crippen LogP contribution in [0.3, 0.4) is 0 Å². The molecule has 3 atom stereocenters. The molecule has 12 heteroatoms. The van der Waals surface area contributed by atoms with Crippen molar-refractivity contribution in [2.75, 3.05) is 26.4 Å². The van der Waals surface area contributed by atoms with Crippen LogP contribution in [-0.2, 0) is 14.4 Å². The number of hydrogen-bond acceptors (Lipinski definition) is 7. The van der Waals surface area contributed by atoms with E-state index in [1.165, 1.54) is 24.3 Å². The van der Waals surface area contributed by atoms with Crippen molar-refractivity contribution in [3.63, 3.8) is 0 Å². The molecule has 0 saturated carbocycles. The van der Waals surface area contributed by atoms with Gasteiger partial charge < -0.3 is 35.8 Å². The Bertz CT molecular complexity index is 1180. The van der Waals surface area contributed by atoms with Crippen molar-refractivity contribution < 1.29 is 38.1 Å². The number of carbonyl (C=O) groups is 4. The molecule has 0 aliphatic carbocycles. The number of rotatable bonds is 7. The van der Waals surface area contributed by atoms with E-state index in [9.17, 15) is 28.7 Å². The molecule has 0 unspecified atom stereocenters. The molecule has 0 radical (unpaired) electrons. The summed E-state index contributed by atoms with van der Waals surface area (Å²) in [6.45, 7) is 3.32. The lowest BCUT2D eigenvalue weighted by Crippen LogP contribution is -2.54. The number of amides is 4. The van der Waals surface area contributed by atoms with Crippen LogP contribution in [0.4, 0.5) is 4.39 Å². The molecule has 11 nitrogen and oxygen atoms in total. The Kier molecular flexibility index (Phi) is 11.2. The molecular formula is C28H35FN4O7. The van der Waals surface area contributed by atoms with E-state index < -0.39 is 54.2 Å². The number of aliphatic hydroxyl groups is 1. The first kappa shape index (κ1) is 30.4. The lowest BCUT2D eigenvalue weighted by atomic mass is 10.0. The highest BCUT2D eigenvalue weighted by atomic mass is 19.1. The Hall–Kier alpha value is -4.19. The summed E-state index contributed by atoms with van der Waals surface area (Å²) in [5.41, 5.74) is 0.182. The summed E-state index contributed by atoms with van der Waals surface area (Å²) in [4.78, 5) is 51.6. The van der Waals surface area contributed by atoms with Crippen LogP contribution in [0.5, 0.6) is 11.5 Å².